The normalized spacial score (nSPS) is 10.6. The molecule has 0 saturated carbocycles. The second-order valence-corrected chi connectivity index (χ2v) is 6.51. The number of hydrogen-bond acceptors (Lipinski definition) is 5. The molecule has 2 aromatic carbocycles. The number of carbonyl (C=O) groups excluding carboxylic acids is 1. The van der Waals surface area contributed by atoms with Gasteiger partial charge >= 0.3 is 0 Å². The Morgan fingerprint density at radius 3 is 2.81 bits per heavy atom. The fourth-order valence-corrected chi connectivity index (χ4v) is 2.66. The van der Waals surface area contributed by atoms with Crippen molar-refractivity contribution in [2.75, 3.05) is 11.9 Å². The van der Waals surface area contributed by atoms with Gasteiger partial charge in [-0.25, -0.2) is 0 Å². The summed E-state index contributed by atoms with van der Waals surface area (Å²) in [7, 11) is 0. The molecule has 0 spiro atoms. The summed E-state index contributed by atoms with van der Waals surface area (Å²) in [4.78, 5) is 12.2. The highest BCUT2D eigenvalue weighted by Crippen LogP contribution is 2.21. The van der Waals surface area contributed by atoms with Crippen LogP contribution in [0.3, 0.4) is 0 Å². The van der Waals surface area contributed by atoms with E-state index in [0.29, 0.717) is 36.0 Å². The quantitative estimate of drug-likeness (QED) is 0.626. The molecule has 27 heavy (non-hydrogen) atoms. The first-order valence-electron chi connectivity index (χ1n) is 8.57. The van der Waals surface area contributed by atoms with Crippen molar-refractivity contribution in [1.82, 2.24) is 20.2 Å². The smallest absolute Gasteiger partial charge is 0.224 e. The third-order valence-electron chi connectivity index (χ3n) is 3.95. The second kappa shape index (κ2) is 8.64. The van der Waals surface area contributed by atoms with Gasteiger partial charge in [0.25, 0.3) is 0 Å². The van der Waals surface area contributed by atoms with Gasteiger partial charge < -0.3 is 10.1 Å². The minimum Gasteiger partial charge on any atom is -0.494 e. The van der Waals surface area contributed by atoms with Crippen molar-refractivity contribution >= 4 is 23.2 Å². The van der Waals surface area contributed by atoms with Gasteiger partial charge in [-0.05, 0) is 72.7 Å². The summed E-state index contributed by atoms with van der Waals surface area (Å²) >= 11 is 5.99. The van der Waals surface area contributed by atoms with Crippen LogP contribution in [0.1, 0.15) is 24.2 Å². The molecule has 0 atom stereocenters. The molecule has 1 heterocycles. The van der Waals surface area contributed by atoms with E-state index in [1.54, 1.807) is 10.7 Å². The molecule has 8 heteroatoms. The van der Waals surface area contributed by atoms with E-state index in [2.05, 4.69) is 20.8 Å². The maximum absolute atomic E-state index is 12.2. The number of ether oxygens (including phenoxy) is 1. The van der Waals surface area contributed by atoms with Crippen LogP contribution in [0.25, 0.3) is 5.69 Å². The molecule has 0 aliphatic carbocycles. The van der Waals surface area contributed by atoms with Crippen LogP contribution >= 0.6 is 11.6 Å². The molecule has 3 rings (SSSR count). The highest BCUT2D eigenvalue weighted by atomic mass is 35.5. The van der Waals surface area contributed by atoms with Gasteiger partial charge in [-0.1, -0.05) is 17.7 Å². The van der Waals surface area contributed by atoms with Crippen molar-refractivity contribution in [1.29, 1.82) is 0 Å². The molecule has 0 fully saturated rings. The van der Waals surface area contributed by atoms with Gasteiger partial charge in [0.2, 0.25) is 5.91 Å². The highest BCUT2D eigenvalue weighted by molar-refractivity contribution is 6.31. The first-order chi connectivity index (χ1) is 13.0. The molecule has 0 bridgehead atoms. The summed E-state index contributed by atoms with van der Waals surface area (Å²) < 4.78 is 7.27. The van der Waals surface area contributed by atoms with Crippen molar-refractivity contribution < 1.29 is 9.53 Å². The lowest BCUT2D eigenvalue weighted by molar-refractivity contribution is -0.116. The first-order valence-corrected chi connectivity index (χ1v) is 8.95. The van der Waals surface area contributed by atoms with Crippen LogP contribution in [0.2, 0.25) is 5.02 Å². The molecule has 7 nitrogen and oxygen atoms in total. The van der Waals surface area contributed by atoms with Crippen LogP contribution in [0.15, 0.2) is 42.5 Å². The first kappa shape index (κ1) is 18.8. The van der Waals surface area contributed by atoms with E-state index in [0.717, 1.165) is 17.0 Å². The topological polar surface area (TPSA) is 81.9 Å². The fourth-order valence-electron chi connectivity index (χ4n) is 2.54. The third-order valence-corrected chi connectivity index (χ3v) is 4.37. The number of nitrogens with one attached hydrogen (secondary N) is 1. The molecule has 1 aromatic heterocycles. The number of aromatic nitrogens is 4. The summed E-state index contributed by atoms with van der Waals surface area (Å²) in [6.45, 7) is 4.19. The van der Waals surface area contributed by atoms with Gasteiger partial charge in [0.1, 0.15) is 5.75 Å². The Morgan fingerprint density at radius 2 is 2.07 bits per heavy atom. The van der Waals surface area contributed by atoms with Gasteiger partial charge in [-0.2, -0.15) is 4.68 Å². The summed E-state index contributed by atoms with van der Waals surface area (Å²) in [5.41, 5.74) is 2.45. The number of aryl methyl sites for hydroxylation is 2. The van der Waals surface area contributed by atoms with Gasteiger partial charge in [0.05, 0.1) is 12.3 Å². The average molecular weight is 386 g/mol. The maximum Gasteiger partial charge on any atom is 0.224 e. The predicted octanol–water partition coefficient (Wildman–Crippen LogP) is 3.73. The van der Waals surface area contributed by atoms with Crippen LogP contribution in [-0.2, 0) is 4.79 Å². The fraction of sp³-hybridized carbons (Fsp3) is 0.263. The van der Waals surface area contributed by atoms with E-state index in [-0.39, 0.29) is 5.91 Å². The monoisotopic (exact) mass is 385 g/mol. The Kier molecular flexibility index (Phi) is 6.03. The summed E-state index contributed by atoms with van der Waals surface area (Å²) in [5.74, 6) is 1.35. The van der Waals surface area contributed by atoms with E-state index < -0.39 is 0 Å². The van der Waals surface area contributed by atoms with Crippen molar-refractivity contribution in [2.45, 2.75) is 26.7 Å². The van der Waals surface area contributed by atoms with Crippen LogP contribution in [0, 0.1) is 13.8 Å². The maximum atomic E-state index is 12.2. The van der Waals surface area contributed by atoms with Crippen molar-refractivity contribution in [2.24, 2.45) is 0 Å². The molecule has 1 amide bonds. The molecular formula is C19H20ClN5O2. The molecule has 0 aliphatic heterocycles. The number of benzene rings is 2. The van der Waals surface area contributed by atoms with E-state index >= 15 is 0 Å². The SMILES string of the molecule is Cc1cc(OCCCC(=O)Nc2cccc(-n3nnnc3C)c2)ccc1Cl. The number of tetrazole rings is 1. The molecule has 0 saturated heterocycles. The molecule has 0 aliphatic rings. The van der Waals surface area contributed by atoms with E-state index in [1.807, 2.05) is 50.2 Å². The van der Waals surface area contributed by atoms with Gasteiger partial charge in [-0.3, -0.25) is 4.79 Å². The largest absolute Gasteiger partial charge is 0.494 e. The molecule has 3 aromatic rings. The Labute approximate surface area is 162 Å². The Morgan fingerprint density at radius 1 is 1.22 bits per heavy atom. The number of halogens is 1. The number of anilines is 1. The minimum atomic E-state index is -0.0727. The minimum absolute atomic E-state index is 0.0727. The van der Waals surface area contributed by atoms with Crippen LogP contribution in [0.4, 0.5) is 5.69 Å². The standard InChI is InChI=1S/C19H20ClN5O2/c1-13-11-17(8-9-18(13)20)27-10-4-7-19(26)21-15-5-3-6-16(12-15)25-14(2)22-23-24-25/h3,5-6,8-9,11-12H,4,7,10H2,1-2H3,(H,21,26). The van der Waals surface area contributed by atoms with E-state index in [9.17, 15) is 4.79 Å². The van der Waals surface area contributed by atoms with Crippen LogP contribution < -0.4 is 10.1 Å². The zero-order valence-electron chi connectivity index (χ0n) is 15.1. The molecule has 140 valence electrons. The van der Waals surface area contributed by atoms with Gasteiger partial charge in [-0.15, -0.1) is 5.10 Å². The summed E-state index contributed by atoms with van der Waals surface area (Å²) in [5, 5.41) is 15.0. The Balaban J connectivity index is 1.48. The number of amides is 1. The van der Waals surface area contributed by atoms with Crippen LogP contribution in [0.5, 0.6) is 5.75 Å². The van der Waals surface area contributed by atoms with Crippen LogP contribution in [-0.4, -0.2) is 32.7 Å². The van der Waals surface area contributed by atoms with Gasteiger partial charge in [0, 0.05) is 17.1 Å². The van der Waals surface area contributed by atoms with Crippen molar-refractivity contribution in [3.63, 3.8) is 0 Å². The zero-order valence-corrected chi connectivity index (χ0v) is 15.9. The number of hydrogen-bond donors (Lipinski definition) is 1. The third kappa shape index (κ3) is 5.04. The van der Waals surface area contributed by atoms with Gasteiger partial charge in [0.15, 0.2) is 5.82 Å². The molecule has 0 radical (unpaired) electrons. The Bertz CT molecular complexity index is 941. The number of nitrogens with zero attached hydrogens (tertiary/aromatic N) is 4. The lowest BCUT2D eigenvalue weighted by atomic mass is 10.2. The zero-order chi connectivity index (χ0) is 19.2. The van der Waals surface area contributed by atoms with E-state index in [4.69, 9.17) is 16.3 Å². The summed E-state index contributed by atoms with van der Waals surface area (Å²) in [6, 6.07) is 12.9. The number of rotatable bonds is 7. The average Bonchev–Trinajstić information content (AvgIpc) is 3.08. The Hall–Kier alpha value is -2.93. The molecule has 1 N–H and O–H groups in total. The number of carbonyl (C=O) groups is 1. The molecular weight excluding hydrogens is 366 g/mol. The highest BCUT2D eigenvalue weighted by Gasteiger charge is 2.07. The van der Waals surface area contributed by atoms with E-state index in [1.165, 1.54) is 0 Å². The lowest BCUT2D eigenvalue weighted by Crippen LogP contribution is -2.13. The predicted molar refractivity (Wildman–Crippen MR) is 103 cm³/mol. The second-order valence-electron chi connectivity index (χ2n) is 6.10. The molecule has 0 unspecified atom stereocenters. The van der Waals surface area contributed by atoms with Crippen molar-refractivity contribution in [3.05, 3.63) is 58.9 Å². The van der Waals surface area contributed by atoms with Crippen molar-refractivity contribution in [3.8, 4) is 11.4 Å². The summed E-state index contributed by atoms with van der Waals surface area (Å²) in [6.07, 6.45) is 0.972. The lowest BCUT2D eigenvalue weighted by Gasteiger charge is -2.09.